The second kappa shape index (κ2) is 7.21. The van der Waals surface area contributed by atoms with Gasteiger partial charge in [0.25, 0.3) is 0 Å². The van der Waals surface area contributed by atoms with Crippen molar-refractivity contribution in [1.29, 1.82) is 0 Å². The zero-order chi connectivity index (χ0) is 14.5. The lowest BCUT2D eigenvalue weighted by Crippen LogP contribution is -2.41. The van der Waals surface area contributed by atoms with Crippen LogP contribution in [0.3, 0.4) is 0 Å². The van der Waals surface area contributed by atoms with Crippen LogP contribution in [0.15, 0.2) is 18.2 Å². The molecule has 0 amide bonds. The number of aryl methyl sites for hydroxylation is 2. The molecular formula is C17H28N2O. The van der Waals surface area contributed by atoms with Gasteiger partial charge in [0.2, 0.25) is 0 Å². The Labute approximate surface area is 123 Å². The number of methoxy groups -OCH3 is 1. The molecule has 2 atom stereocenters. The second-order valence-corrected chi connectivity index (χ2v) is 5.99. The summed E-state index contributed by atoms with van der Waals surface area (Å²) >= 11 is 0. The van der Waals surface area contributed by atoms with E-state index in [2.05, 4.69) is 36.9 Å². The van der Waals surface area contributed by atoms with Crippen LogP contribution in [0.25, 0.3) is 0 Å². The Morgan fingerprint density at radius 1 is 1.30 bits per heavy atom. The summed E-state index contributed by atoms with van der Waals surface area (Å²) < 4.78 is 5.27. The predicted octanol–water partition coefficient (Wildman–Crippen LogP) is 2.80. The van der Waals surface area contributed by atoms with Crippen LogP contribution in [-0.4, -0.2) is 37.7 Å². The Morgan fingerprint density at radius 2 is 2.10 bits per heavy atom. The third kappa shape index (κ3) is 3.60. The van der Waals surface area contributed by atoms with E-state index in [1.807, 2.05) is 0 Å². The number of hydrogen-bond acceptors (Lipinski definition) is 3. The first-order valence-corrected chi connectivity index (χ1v) is 7.69. The molecule has 1 saturated heterocycles. The van der Waals surface area contributed by atoms with Crippen molar-refractivity contribution < 1.29 is 4.74 Å². The first kappa shape index (κ1) is 15.5. The Kier molecular flexibility index (Phi) is 5.58. The lowest BCUT2D eigenvalue weighted by atomic mass is 9.92. The molecule has 3 heteroatoms. The van der Waals surface area contributed by atoms with Gasteiger partial charge in [0.05, 0.1) is 12.6 Å². The average Bonchev–Trinajstić information content (AvgIpc) is 2.59. The van der Waals surface area contributed by atoms with E-state index in [0.717, 1.165) is 26.1 Å². The maximum absolute atomic E-state index is 6.50. The fourth-order valence-electron chi connectivity index (χ4n) is 3.31. The van der Waals surface area contributed by atoms with Gasteiger partial charge in [0, 0.05) is 19.7 Å². The Morgan fingerprint density at radius 3 is 2.80 bits per heavy atom. The quantitative estimate of drug-likeness (QED) is 0.919. The third-order valence-electron chi connectivity index (χ3n) is 4.36. The molecule has 20 heavy (non-hydrogen) atoms. The van der Waals surface area contributed by atoms with Gasteiger partial charge in [-0.2, -0.15) is 0 Å². The molecular weight excluding hydrogens is 248 g/mol. The molecule has 1 fully saturated rings. The molecule has 112 valence electrons. The first-order chi connectivity index (χ1) is 9.63. The SMILES string of the molecule is COCCN1CCCCC(N)C1c1ccc(C)cc1C. The number of ether oxygens (including phenoxy) is 1. The molecule has 0 bridgehead atoms. The average molecular weight is 276 g/mol. The standard InChI is InChI=1S/C17H28N2O/c1-13-7-8-15(14(2)12-13)17-16(18)6-4-5-9-19(17)10-11-20-3/h7-8,12,16-17H,4-6,9-11,18H2,1-3H3. The van der Waals surface area contributed by atoms with Gasteiger partial charge in [-0.25, -0.2) is 0 Å². The highest BCUT2D eigenvalue weighted by molar-refractivity contribution is 5.34. The van der Waals surface area contributed by atoms with Crippen molar-refractivity contribution in [3.63, 3.8) is 0 Å². The minimum atomic E-state index is 0.218. The van der Waals surface area contributed by atoms with Crippen molar-refractivity contribution in [2.24, 2.45) is 5.73 Å². The lowest BCUT2D eigenvalue weighted by Gasteiger charge is -2.34. The van der Waals surface area contributed by atoms with E-state index in [9.17, 15) is 0 Å². The smallest absolute Gasteiger partial charge is 0.0589 e. The van der Waals surface area contributed by atoms with Gasteiger partial charge in [-0.05, 0) is 44.4 Å². The van der Waals surface area contributed by atoms with E-state index in [1.54, 1.807) is 7.11 Å². The van der Waals surface area contributed by atoms with E-state index < -0.39 is 0 Å². The van der Waals surface area contributed by atoms with Crippen LogP contribution >= 0.6 is 0 Å². The normalized spacial score (nSPS) is 24.6. The van der Waals surface area contributed by atoms with Crippen molar-refractivity contribution >= 4 is 0 Å². The molecule has 1 aliphatic heterocycles. The second-order valence-electron chi connectivity index (χ2n) is 5.99. The van der Waals surface area contributed by atoms with Gasteiger partial charge in [-0.3, -0.25) is 4.90 Å². The van der Waals surface area contributed by atoms with Gasteiger partial charge in [0.15, 0.2) is 0 Å². The van der Waals surface area contributed by atoms with Crippen molar-refractivity contribution in [1.82, 2.24) is 4.90 Å². The molecule has 2 rings (SSSR count). The van der Waals surface area contributed by atoms with Crippen molar-refractivity contribution in [2.75, 3.05) is 26.8 Å². The molecule has 0 saturated carbocycles. The minimum Gasteiger partial charge on any atom is -0.383 e. The molecule has 0 spiro atoms. The number of likely N-dealkylation sites (tertiary alicyclic amines) is 1. The van der Waals surface area contributed by atoms with Crippen LogP contribution in [0.2, 0.25) is 0 Å². The number of nitrogens with zero attached hydrogens (tertiary/aromatic N) is 1. The van der Waals surface area contributed by atoms with Crippen molar-refractivity contribution in [3.05, 3.63) is 34.9 Å². The summed E-state index contributed by atoms with van der Waals surface area (Å²) in [6.07, 6.45) is 3.58. The molecule has 1 aromatic rings. The van der Waals surface area contributed by atoms with Gasteiger partial charge < -0.3 is 10.5 Å². The van der Waals surface area contributed by atoms with Crippen LogP contribution in [0.1, 0.15) is 42.0 Å². The summed E-state index contributed by atoms with van der Waals surface area (Å²) in [6.45, 7) is 7.20. The molecule has 0 aliphatic carbocycles. The largest absolute Gasteiger partial charge is 0.383 e. The Balaban J connectivity index is 2.29. The van der Waals surface area contributed by atoms with Gasteiger partial charge in [0.1, 0.15) is 0 Å². The van der Waals surface area contributed by atoms with Gasteiger partial charge >= 0.3 is 0 Å². The molecule has 0 aromatic heterocycles. The number of hydrogen-bond donors (Lipinski definition) is 1. The summed E-state index contributed by atoms with van der Waals surface area (Å²) in [6, 6.07) is 7.28. The number of benzene rings is 1. The number of nitrogens with two attached hydrogens (primary N) is 1. The third-order valence-corrected chi connectivity index (χ3v) is 4.36. The highest BCUT2D eigenvalue weighted by Crippen LogP contribution is 2.31. The van der Waals surface area contributed by atoms with Crippen molar-refractivity contribution in [2.45, 2.75) is 45.2 Å². The van der Waals surface area contributed by atoms with E-state index >= 15 is 0 Å². The van der Waals surface area contributed by atoms with Crippen LogP contribution in [0.4, 0.5) is 0 Å². The zero-order valence-corrected chi connectivity index (χ0v) is 13.1. The summed E-state index contributed by atoms with van der Waals surface area (Å²) in [4.78, 5) is 2.51. The van der Waals surface area contributed by atoms with Gasteiger partial charge in [-0.15, -0.1) is 0 Å². The Bertz CT molecular complexity index is 433. The van der Waals surface area contributed by atoms with Gasteiger partial charge in [-0.1, -0.05) is 30.2 Å². The summed E-state index contributed by atoms with van der Waals surface area (Å²) in [7, 11) is 1.77. The van der Waals surface area contributed by atoms with E-state index in [-0.39, 0.29) is 6.04 Å². The summed E-state index contributed by atoms with van der Waals surface area (Å²) in [5, 5.41) is 0. The maximum Gasteiger partial charge on any atom is 0.0589 e. The minimum absolute atomic E-state index is 0.218. The fraction of sp³-hybridized carbons (Fsp3) is 0.647. The molecule has 1 aliphatic rings. The maximum atomic E-state index is 6.50. The van der Waals surface area contributed by atoms with Crippen LogP contribution in [0.5, 0.6) is 0 Å². The van der Waals surface area contributed by atoms with Crippen LogP contribution in [-0.2, 0) is 4.74 Å². The highest BCUT2D eigenvalue weighted by Gasteiger charge is 2.29. The van der Waals surface area contributed by atoms with Crippen LogP contribution < -0.4 is 5.73 Å². The molecule has 1 heterocycles. The topological polar surface area (TPSA) is 38.5 Å². The summed E-state index contributed by atoms with van der Waals surface area (Å²) in [5.41, 5.74) is 10.6. The van der Waals surface area contributed by atoms with E-state index in [0.29, 0.717) is 6.04 Å². The molecule has 1 aromatic carbocycles. The van der Waals surface area contributed by atoms with Crippen LogP contribution in [0, 0.1) is 13.8 Å². The highest BCUT2D eigenvalue weighted by atomic mass is 16.5. The molecule has 3 nitrogen and oxygen atoms in total. The number of rotatable bonds is 4. The lowest BCUT2D eigenvalue weighted by molar-refractivity contribution is 0.114. The molecule has 2 unspecified atom stereocenters. The monoisotopic (exact) mass is 276 g/mol. The first-order valence-electron chi connectivity index (χ1n) is 7.69. The van der Waals surface area contributed by atoms with Crippen molar-refractivity contribution in [3.8, 4) is 0 Å². The Hall–Kier alpha value is -0.900. The molecule has 2 N–H and O–H groups in total. The predicted molar refractivity (Wildman–Crippen MR) is 83.9 cm³/mol. The van der Waals surface area contributed by atoms with E-state index in [4.69, 9.17) is 10.5 Å². The molecule has 0 radical (unpaired) electrons. The summed E-state index contributed by atoms with van der Waals surface area (Å²) in [5.74, 6) is 0. The fourth-order valence-corrected chi connectivity index (χ4v) is 3.31. The zero-order valence-electron chi connectivity index (χ0n) is 13.1. The van der Waals surface area contributed by atoms with E-state index in [1.165, 1.54) is 29.5 Å².